The molecule has 2 aliphatic rings. The SMILES string of the molecule is CC(C)[C@H](C(=O)O)N1C(=O)/C(=C/c2ccc3c(c2)CCCN3C)SC1=S. The first kappa shape index (κ1) is 18.9. The second kappa shape index (κ2) is 7.40. The minimum absolute atomic E-state index is 0.228. The number of thioether (sulfide) groups is 1. The number of anilines is 1. The van der Waals surface area contributed by atoms with Crippen molar-refractivity contribution < 1.29 is 14.7 Å². The molecule has 1 aromatic rings. The predicted octanol–water partition coefficient (Wildman–Crippen LogP) is 3.38. The van der Waals surface area contributed by atoms with E-state index in [1.54, 1.807) is 13.8 Å². The largest absolute Gasteiger partial charge is 0.480 e. The topological polar surface area (TPSA) is 60.9 Å². The molecule has 2 aliphatic heterocycles. The summed E-state index contributed by atoms with van der Waals surface area (Å²) in [6.45, 7) is 4.61. The number of hydrogen-bond donors (Lipinski definition) is 1. The van der Waals surface area contributed by atoms with Crippen molar-refractivity contribution in [3.05, 3.63) is 34.2 Å². The second-order valence-electron chi connectivity index (χ2n) is 6.99. The Balaban J connectivity index is 1.90. The predicted molar refractivity (Wildman–Crippen MR) is 109 cm³/mol. The van der Waals surface area contributed by atoms with Crippen LogP contribution in [0.5, 0.6) is 0 Å². The van der Waals surface area contributed by atoms with E-state index in [0.717, 1.165) is 24.9 Å². The van der Waals surface area contributed by atoms with Crippen LogP contribution >= 0.6 is 24.0 Å². The highest BCUT2D eigenvalue weighted by molar-refractivity contribution is 8.26. The summed E-state index contributed by atoms with van der Waals surface area (Å²) >= 11 is 6.47. The third-order valence-corrected chi connectivity index (χ3v) is 6.07. The van der Waals surface area contributed by atoms with Crippen LogP contribution in [0.25, 0.3) is 6.08 Å². The summed E-state index contributed by atoms with van der Waals surface area (Å²) in [6.07, 6.45) is 3.95. The number of thiocarbonyl (C=S) groups is 1. The average molecular weight is 391 g/mol. The zero-order valence-electron chi connectivity index (χ0n) is 15.1. The molecule has 1 aromatic carbocycles. The quantitative estimate of drug-likeness (QED) is 0.628. The molecule has 1 atom stereocenters. The van der Waals surface area contributed by atoms with Crippen molar-refractivity contribution in [1.82, 2.24) is 4.90 Å². The summed E-state index contributed by atoms with van der Waals surface area (Å²) in [5.41, 5.74) is 3.44. The number of hydrogen-bond acceptors (Lipinski definition) is 5. The summed E-state index contributed by atoms with van der Waals surface area (Å²) in [7, 11) is 2.08. The van der Waals surface area contributed by atoms with Crippen molar-refractivity contribution in [3.8, 4) is 0 Å². The molecule has 1 amide bonds. The fraction of sp³-hybridized carbons (Fsp3) is 0.421. The van der Waals surface area contributed by atoms with Crippen LogP contribution in [-0.4, -0.2) is 45.8 Å². The van der Waals surface area contributed by atoms with Gasteiger partial charge in [0.15, 0.2) is 0 Å². The zero-order valence-corrected chi connectivity index (χ0v) is 16.7. The van der Waals surface area contributed by atoms with Gasteiger partial charge in [-0.3, -0.25) is 9.69 Å². The Labute approximate surface area is 163 Å². The number of aryl methyl sites for hydroxylation is 1. The molecule has 0 bridgehead atoms. The smallest absolute Gasteiger partial charge is 0.327 e. The van der Waals surface area contributed by atoms with E-state index in [9.17, 15) is 14.7 Å². The van der Waals surface area contributed by atoms with Crippen molar-refractivity contribution in [2.45, 2.75) is 32.7 Å². The van der Waals surface area contributed by atoms with Gasteiger partial charge in [0.2, 0.25) is 0 Å². The molecule has 0 saturated carbocycles. The molecule has 3 rings (SSSR count). The molecule has 0 radical (unpaired) electrons. The fourth-order valence-electron chi connectivity index (χ4n) is 3.46. The third-order valence-electron chi connectivity index (χ3n) is 4.74. The van der Waals surface area contributed by atoms with E-state index in [1.807, 2.05) is 12.1 Å². The van der Waals surface area contributed by atoms with E-state index in [2.05, 4.69) is 24.1 Å². The number of rotatable bonds is 4. The first-order chi connectivity index (χ1) is 12.3. The molecule has 138 valence electrons. The van der Waals surface area contributed by atoms with Crippen LogP contribution in [0.1, 0.15) is 31.4 Å². The van der Waals surface area contributed by atoms with Gasteiger partial charge in [-0.2, -0.15) is 0 Å². The van der Waals surface area contributed by atoms with Gasteiger partial charge in [-0.15, -0.1) is 0 Å². The molecular formula is C19H22N2O3S2. The minimum atomic E-state index is -1.03. The van der Waals surface area contributed by atoms with Gasteiger partial charge in [-0.05, 0) is 48.1 Å². The van der Waals surface area contributed by atoms with Gasteiger partial charge in [0, 0.05) is 19.3 Å². The van der Waals surface area contributed by atoms with E-state index in [1.165, 1.54) is 27.9 Å². The van der Waals surface area contributed by atoms with Crippen LogP contribution in [0.15, 0.2) is 23.1 Å². The number of nitrogens with zero attached hydrogens (tertiary/aromatic N) is 2. The maximum atomic E-state index is 12.8. The fourth-order valence-corrected chi connectivity index (χ4v) is 4.79. The first-order valence-corrected chi connectivity index (χ1v) is 9.86. The summed E-state index contributed by atoms with van der Waals surface area (Å²) in [4.78, 5) is 28.3. The first-order valence-electron chi connectivity index (χ1n) is 8.63. The van der Waals surface area contributed by atoms with Crippen molar-refractivity contribution >= 4 is 51.9 Å². The molecule has 1 saturated heterocycles. The molecule has 0 spiro atoms. The van der Waals surface area contributed by atoms with Gasteiger partial charge in [0.1, 0.15) is 10.4 Å². The Kier molecular flexibility index (Phi) is 5.39. The van der Waals surface area contributed by atoms with Crippen LogP contribution < -0.4 is 4.90 Å². The highest BCUT2D eigenvalue weighted by atomic mass is 32.2. The normalized spacial score (nSPS) is 20.1. The number of aliphatic carboxylic acids is 1. The van der Waals surface area contributed by atoms with Crippen LogP contribution in [0.3, 0.4) is 0 Å². The van der Waals surface area contributed by atoms with Gasteiger partial charge < -0.3 is 10.0 Å². The maximum absolute atomic E-state index is 12.8. The zero-order chi connectivity index (χ0) is 19.0. The lowest BCUT2D eigenvalue weighted by atomic mass is 9.99. The molecule has 7 heteroatoms. The molecule has 2 heterocycles. The van der Waals surface area contributed by atoms with Crippen LogP contribution in [0.2, 0.25) is 0 Å². The molecule has 5 nitrogen and oxygen atoms in total. The number of carboxylic acid groups (broad SMARTS) is 1. The number of benzene rings is 1. The molecular weight excluding hydrogens is 368 g/mol. The summed E-state index contributed by atoms with van der Waals surface area (Å²) in [5.74, 6) is -1.58. The van der Waals surface area contributed by atoms with E-state index >= 15 is 0 Å². The molecule has 0 aliphatic carbocycles. The number of carbonyl (C=O) groups excluding carboxylic acids is 1. The van der Waals surface area contributed by atoms with Gasteiger partial charge >= 0.3 is 5.97 Å². The van der Waals surface area contributed by atoms with Gasteiger partial charge in [0.25, 0.3) is 5.91 Å². The Morgan fingerprint density at radius 2 is 2.12 bits per heavy atom. The van der Waals surface area contributed by atoms with Crippen molar-refractivity contribution in [2.24, 2.45) is 5.92 Å². The van der Waals surface area contributed by atoms with Gasteiger partial charge in [0.05, 0.1) is 4.91 Å². The van der Waals surface area contributed by atoms with E-state index in [0.29, 0.717) is 9.23 Å². The molecule has 26 heavy (non-hydrogen) atoms. The Morgan fingerprint density at radius 3 is 2.77 bits per heavy atom. The highest BCUT2D eigenvalue weighted by Gasteiger charge is 2.41. The number of carbonyl (C=O) groups is 2. The lowest BCUT2D eigenvalue weighted by Gasteiger charge is -2.27. The lowest BCUT2D eigenvalue weighted by Crippen LogP contribution is -2.47. The van der Waals surface area contributed by atoms with Crippen LogP contribution in [0.4, 0.5) is 5.69 Å². The monoisotopic (exact) mass is 390 g/mol. The van der Waals surface area contributed by atoms with E-state index in [4.69, 9.17) is 12.2 Å². The average Bonchev–Trinajstić information content (AvgIpc) is 2.82. The lowest BCUT2D eigenvalue weighted by molar-refractivity contribution is -0.146. The second-order valence-corrected chi connectivity index (χ2v) is 8.67. The number of fused-ring (bicyclic) bond motifs is 1. The summed E-state index contributed by atoms with van der Waals surface area (Å²) in [5, 5.41) is 9.49. The van der Waals surface area contributed by atoms with Crippen LogP contribution in [0, 0.1) is 5.92 Å². The summed E-state index contributed by atoms with van der Waals surface area (Å²) < 4.78 is 0.306. The van der Waals surface area contributed by atoms with Crippen molar-refractivity contribution in [1.29, 1.82) is 0 Å². The number of amides is 1. The summed E-state index contributed by atoms with van der Waals surface area (Å²) in [6, 6.07) is 5.24. The van der Waals surface area contributed by atoms with Crippen molar-refractivity contribution in [2.75, 3.05) is 18.5 Å². The standard InChI is InChI=1S/C19H22N2O3S2/c1-11(2)16(18(23)24)21-17(22)15(26-19(21)25)10-12-6-7-14-13(9-12)5-4-8-20(14)3/h6-7,9-11,16H,4-5,8H2,1-3H3,(H,23,24)/b15-10-/t16-/m1/s1. The molecule has 0 aromatic heterocycles. The molecule has 0 unspecified atom stereocenters. The van der Waals surface area contributed by atoms with Crippen molar-refractivity contribution in [3.63, 3.8) is 0 Å². The Bertz CT molecular complexity index is 804. The van der Waals surface area contributed by atoms with E-state index in [-0.39, 0.29) is 11.8 Å². The maximum Gasteiger partial charge on any atom is 0.327 e. The third kappa shape index (κ3) is 3.50. The molecule has 1 fully saturated rings. The Morgan fingerprint density at radius 1 is 1.38 bits per heavy atom. The van der Waals surface area contributed by atoms with E-state index < -0.39 is 12.0 Å². The highest BCUT2D eigenvalue weighted by Crippen LogP contribution is 2.36. The van der Waals surface area contributed by atoms with Gasteiger partial charge in [-0.25, -0.2) is 4.79 Å². The van der Waals surface area contributed by atoms with Gasteiger partial charge in [-0.1, -0.05) is 43.9 Å². The number of carboxylic acids is 1. The van der Waals surface area contributed by atoms with Crippen LogP contribution in [-0.2, 0) is 16.0 Å². The Hall–Kier alpha value is -1.86. The molecule has 1 N–H and O–H groups in total. The minimum Gasteiger partial charge on any atom is -0.480 e.